The van der Waals surface area contributed by atoms with Crippen LogP contribution in [-0.2, 0) is 16.9 Å². The lowest BCUT2D eigenvalue weighted by atomic mass is 10.1. The van der Waals surface area contributed by atoms with Gasteiger partial charge in [-0.05, 0) is 25.0 Å². The Morgan fingerprint density at radius 2 is 2.19 bits per heavy atom. The largest absolute Gasteiger partial charge is 0.384 e. The van der Waals surface area contributed by atoms with Gasteiger partial charge in [-0.3, -0.25) is 0 Å². The second-order valence-electron chi connectivity index (χ2n) is 4.40. The van der Waals surface area contributed by atoms with Gasteiger partial charge in [-0.1, -0.05) is 0 Å². The minimum absolute atomic E-state index is 0.448. The van der Waals surface area contributed by atoms with Gasteiger partial charge >= 0.3 is 0 Å². The zero-order valence-corrected chi connectivity index (χ0v) is 10.1. The van der Waals surface area contributed by atoms with Crippen LogP contribution in [0.4, 0.5) is 5.82 Å². The Kier molecular flexibility index (Phi) is 2.81. The first-order valence-electron chi connectivity index (χ1n) is 5.87. The predicted octanol–water partition coefficient (Wildman–Crippen LogP) is 1.61. The third-order valence-corrected chi connectivity index (χ3v) is 4.38. The van der Waals surface area contributed by atoms with Gasteiger partial charge in [0, 0.05) is 24.5 Å². The zero-order chi connectivity index (χ0) is 11.0. The van der Waals surface area contributed by atoms with Gasteiger partial charge in [0.25, 0.3) is 0 Å². The van der Waals surface area contributed by atoms with Gasteiger partial charge < -0.3 is 10.5 Å². The lowest BCUT2D eigenvalue weighted by molar-refractivity contribution is 0.0668. The van der Waals surface area contributed by atoms with Crippen LogP contribution in [0.25, 0.3) is 0 Å². The van der Waals surface area contributed by atoms with Crippen LogP contribution >= 0.6 is 11.8 Å². The Balaban J connectivity index is 1.91. The first kappa shape index (κ1) is 10.5. The number of aromatic nitrogens is 2. The van der Waals surface area contributed by atoms with E-state index in [1.165, 1.54) is 17.0 Å². The summed E-state index contributed by atoms with van der Waals surface area (Å²) in [5, 5.41) is 4.69. The van der Waals surface area contributed by atoms with Gasteiger partial charge in [-0.2, -0.15) is 16.9 Å². The molecule has 5 heteroatoms. The van der Waals surface area contributed by atoms with E-state index in [4.69, 9.17) is 10.5 Å². The number of rotatable bonds is 1. The molecule has 0 bridgehead atoms. The highest BCUT2D eigenvalue weighted by atomic mass is 32.2. The molecular formula is C11H17N3OS. The number of thioether (sulfide) groups is 1. The van der Waals surface area contributed by atoms with Gasteiger partial charge in [0.2, 0.25) is 0 Å². The smallest absolute Gasteiger partial charge is 0.125 e. The lowest BCUT2D eigenvalue weighted by Crippen LogP contribution is -2.21. The molecule has 0 radical (unpaired) electrons. The molecule has 1 saturated heterocycles. The first-order valence-corrected chi connectivity index (χ1v) is 7.03. The summed E-state index contributed by atoms with van der Waals surface area (Å²) >= 11 is 1.95. The number of ether oxygens (including phenoxy) is 1. The quantitative estimate of drug-likeness (QED) is 0.809. The van der Waals surface area contributed by atoms with Crippen molar-refractivity contribution in [2.45, 2.75) is 31.1 Å². The van der Waals surface area contributed by atoms with Crippen LogP contribution in [0.3, 0.4) is 0 Å². The van der Waals surface area contributed by atoms with Crippen molar-refractivity contribution in [3.05, 3.63) is 11.3 Å². The van der Waals surface area contributed by atoms with E-state index in [2.05, 4.69) is 9.78 Å². The minimum Gasteiger partial charge on any atom is -0.384 e. The van der Waals surface area contributed by atoms with Crippen molar-refractivity contribution in [1.29, 1.82) is 0 Å². The summed E-state index contributed by atoms with van der Waals surface area (Å²) < 4.78 is 7.43. The number of hydrogen-bond acceptors (Lipinski definition) is 4. The maximum absolute atomic E-state index is 6.21. The number of anilines is 1. The van der Waals surface area contributed by atoms with Crippen LogP contribution in [0.15, 0.2) is 0 Å². The molecule has 2 aliphatic rings. The Bertz CT molecular complexity index is 385. The van der Waals surface area contributed by atoms with Crippen LogP contribution in [-0.4, -0.2) is 28.7 Å². The van der Waals surface area contributed by atoms with Crippen molar-refractivity contribution in [2.24, 2.45) is 0 Å². The fraction of sp³-hybridized carbons (Fsp3) is 0.727. The lowest BCUT2D eigenvalue weighted by Gasteiger charge is -2.23. The van der Waals surface area contributed by atoms with Gasteiger partial charge in [0.05, 0.1) is 11.7 Å². The van der Waals surface area contributed by atoms with E-state index in [9.17, 15) is 0 Å². The molecule has 0 atom stereocenters. The predicted molar refractivity (Wildman–Crippen MR) is 65.6 cm³/mol. The van der Waals surface area contributed by atoms with Crippen molar-refractivity contribution in [2.75, 3.05) is 24.7 Å². The Labute approximate surface area is 99.5 Å². The molecule has 2 N–H and O–H groups in total. The summed E-state index contributed by atoms with van der Waals surface area (Å²) in [6.45, 7) is 1.67. The molecule has 0 aromatic carbocycles. The monoisotopic (exact) mass is 239 g/mol. The molecule has 16 heavy (non-hydrogen) atoms. The molecule has 3 heterocycles. The maximum Gasteiger partial charge on any atom is 0.125 e. The molecule has 1 aromatic heterocycles. The molecule has 1 aromatic rings. The molecule has 0 saturated carbocycles. The second-order valence-corrected chi connectivity index (χ2v) is 5.51. The Hall–Kier alpha value is -0.680. The average Bonchev–Trinajstić information content (AvgIpc) is 2.69. The van der Waals surface area contributed by atoms with Crippen molar-refractivity contribution >= 4 is 17.6 Å². The SMILES string of the molecule is Nc1c2c(nn1C1CCOCC1)CSCC2. The molecule has 2 aliphatic heterocycles. The first-order chi connectivity index (χ1) is 7.86. The third-order valence-electron chi connectivity index (χ3n) is 3.40. The van der Waals surface area contributed by atoms with Gasteiger partial charge in [0.15, 0.2) is 0 Å². The van der Waals surface area contributed by atoms with Crippen LogP contribution in [0.2, 0.25) is 0 Å². The van der Waals surface area contributed by atoms with E-state index in [-0.39, 0.29) is 0 Å². The summed E-state index contributed by atoms with van der Waals surface area (Å²) in [5.41, 5.74) is 8.71. The number of hydrogen-bond donors (Lipinski definition) is 1. The van der Waals surface area contributed by atoms with Crippen LogP contribution in [0, 0.1) is 0 Å². The molecule has 0 spiro atoms. The highest BCUT2D eigenvalue weighted by Gasteiger charge is 2.24. The summed E-state index contributed by atoms with van der Waals surface area (Å²) in [5.74, 6) is 3.11. The molecule has 0 unspecified atom stereocenters. The number of fused-ring (bicyclic) bond motifs is 1. The van der Waals surface area contributed by atoms with Crippen LogP contribution in [0.1, 0.15) is 30.1 Å². The second kappa shape index (κ2) is 4.30. The molecule has 88 valence electrons. The number of nitrogens with zero attached hydrogens (tertiary/aromatic N) is 2. The normalized spacial score (nSPS) is 22.0. The molecule has 0 amide bonds. The Morgan fingerprint density at radius 1 is 1.38 bits per heavy atom. The third kappa shape index (κ3) is 1.72. The standard InChI is InChI=1S/C11H17N3OS/c12-11-9-3-6-16-7-10(9)13-14(11)8-1-4-15-5-2-8/h8H,1-7,12H2. The number of nitrogen functional groups attached to an aromatic ring is 1. The van der Waals surface area contributed by atoms with Gasteiger partial charge in [-0.15, -0.1) is 0 Å². The number of nitrogens with two attached hydrogens (primary N) is 1. The average molecular weight is 239 g/mol. The van der Waals surface area contributed by atoms with E-state index < -0.39 is 0 Å². The summed E-state index contributed by atoms with van der Waals surface area (Å²) in [4.78, 5) is 0. The minimum atomic E-state index is 0.448. The van der Waals surface area contributed by atoms with E-state index in [0.29, 0.717) is 6.04 Å². The van der Waals surface area contributed by atoms with Crippen molar-refractivity contribution in [1.82, 2.24) is 9.78 Å². The van der Waals surface area contributed by atoms with Gasteiger partial charge in [0.1, 0.15) is 5.82 Å². The molecule has 1 fully saturated rings. The highest BCUT2D eigenvalue weighted by molar-refractivity contribution is 7.98. The molecule has 4 nitrogen and oxygen atoms in total. The maximum atomic E-state index is 6.21. The zero-order valence-electron chi connectivity index (χ0n) is 9.32. The van der Waals surface area contributed by atoms with E-state index in [1.54, 1.807) is 0 Å². The summed E-state index contributed by atoms with van der Waals surface area (Å²) in [6, 6.07) is 0.448. The topological polar surface area (TPSA) is 53.1 Å². The fourth-order valence-electron chi connectivity index (χ4n) is 2.47. The van der Waals surface area contributed by atoms with E-state index in [1.807, 2.05) is 11.8 Å². The van der Waals surface area contributed by atoms with E-state index in [0.717, 1.165) is 44.0 Å². The van der Waals surface area contributed by atoms with Crippen molar-refractivity contribution in [3.63, 3.8) is 0 Å². The molecule has 3 rings (SSSR count). The fourth-order valence-corrected chi connectivity index (χ4v) is 3.39. The Morgan fingerprint density at radius 3 is 2.94 bits per heavy atom. The highest BCUT2D eigenvalue weighted by Crippen LogP contribution is 2.32. The van der Waals surface area contributed by atoms with Crippen LogP contribution in [0.5, 0.6) is 0 Å². The van der Waals surface area contributed by atoms with Crippen LogP contribution < -0.4 is 5.73 Å². The summed E-state index contributed by atoms with van der Waals surface area (Å²) in [7, 11) is 0. The van der Waals surface area contributed by atoms with Crippen molar-refractivity contribution in [3.8, 4) is 0 Å². The van der Waals surface area contributed by atoms with E-state index >= 15 is 0 Å². The van der Waals surface area contributed by atoms with Gasteiger partial charge in [-0.25, -0.2) is 4.68 Å². The molecule has 0 aliphatic carbocycles. The summed E-state index contributed by atoms with van der Waals surface area (Å²) in [6.07, 6.45) is 3.16. The van der Waals surface area contributed by atoms with Crippen molar-refractivity contribution < 1.29 is 4.74 Å². The molecular weight excluding hydrogens is 222 g/mol.